The zero-order valence-corrected chi connectivity index (χ0v) is 14.4. The SMILES string of the molecule is CCCn1ncnc1C(C)NC(=O)N1CCC2(CCC(=O)N2)CC1. The minimum absolute atomic E-state index is 0.0762. The number of aromatic nitrogens is 3. The van der Waals surface area contributed by atoms with Crippen LogP contribution in [0.2, 0.25) is 0 Å². The zero-order chi connectivity index (χ0) is 17.2. The van der Waals surface area contributed by atoms with E-state index in [9.17, 15) is 9.59 Å². The molecule has 0 aliphatic carbocycles. The van der Waals surface area contributed by atoms with Crippen LogP contribution in [-0.2, 0) is 11.3 Å². The van der Waals surface area contributed by atoms with Gasteiger partial charge in [-0.25, -0.2) is 14.5 Å². The second kappa shape index (κ2) is 6.78. The van der Waals surface area contributed by atoms with Crippen LogP contribution < -0.4 is 10.6 Å². The van der Waals surface area contributed by atoms with Crippen molar-refractivity contribution in [3.05, 3.63) is 12.2 Å². The molecule has 2 fully saturated rings. The van der Waals surface area contributed by atoms with Gasteiger partial charge in [-0.15, -0.1) is 0 Å². The fourth-order valence-electron chi connectivity index (χ4n) is 3.62. The number of aryl methyl sites for hydroxylation is 1. The molecule has 8 heteroatoms. The van der Waals surface area contributed by atoms with Gasteiger partial charge in [0, 0.05) is 31.6 Å². The van der Waals surface area contributed by atoms with Crippen LogP contribution in [0.5, 0.6) is 0 Å². The summed E-state index contributed by atoms with van der Waals surface area (Å²) < 4.78 is 1.84. The maximum Gasteiger partial charge on any atom is 0.317 e. The van der Waals surface area contributed by atoms with E-state index in [4.69, 9.17) is 0 Å². The van der Waals surface area contributed by atoms with Crippen molar-refractivity contribution in [3.8, 4) is 0 Å². The molecular formula is C16H26N6O2. The fraction of sp³-hybridized carbons (Fsp3) is 0.750. The smallest absolute Gasteiger partial charge is 0.317 e. The number of rotatable bonds is 4. The third-order valence-electron chi connectivity index (χ3n) is 5.05. The lowest BCUT2D eigenvalue weighted by atomic mass is 9.86. The number of carbonyl (C=O) groups is 2. The van der Waals surface area contributed by atoms with Crippen LogP contribution in [0.25, 0.3) is 0 Å². The van der Waals surface area contributed by atoms with Crippen LogP contribution in [0.4, 0.5) is 4.79 Å². The molecule has 24 heavy (non-hydrogen) atoms. The van der Waals surface area contributed by atoms with Gasteiger partial charge in [-0.3, -0.25) is 4.79 Å². The number of likely N-dealkylation sites (tertiary alicyclic amines) is 1. The lowest BCUT2D eigenvalue weighted by molar-refractivity contribution is -0.120. The number of hydrogen-bond donors (Lipinski definition) is 2. The van der Waals surface area contributed by atoms with Crippen molar-refractivity contribution in [2.75, 3.05) is 13.1 Å². The van der Waals surface area contributed by atoms with Crippen molar-refractivity contribution in [1.82, 2.24) is 30.3 Å². The van der Waals surface area contributed by atoms with E-state index in [1.54, 1.807) is 0 Å². The average Bonchev–Trinajstić information content (AvgIpc) is 3.16. The van der Waals surface area contributed by atoms with Crippen LogP contribution in [-0.4, -0.2) is 50.2 Å². The van der Waals surface area contributed by atoms with Crippen LogP contribution in [0.3, 0.4) is 0 Å². The van der Waals surface area contributed by atoms with Gasteiger partial charge in [0.25, 0.3) is 0 Å². The van der Waals surface area contributed by atoms with E-state index in [1.165, 1.54) is 6.33 Å². The van der Waals surface area contributed by atoms with Crippen molar-refractivity contribution in [1.29, 1.82) is 0 Å². The van der Waals surface area contributed by atoms with E-state index >= 15 is 0 Å². The first-order valence-electron chi connectivity index (χ1n) is 8.77. The normalized spacial score (nSPS) is 20.9. The second-order valence-electron chi connectivity index (χ2n) is 6.83. The third-order valence-corrected chi connectivity index (χ3v) is 5.05. The number of nitrogens with zero attached hydrogens (tertiary/aromatic N) is 4. The molecule has 2 aliphatic rings. The molecule has 3 rings (SSSR count). The molecule has 3 amide bonds. The molecule has 0 bridgehead atoms. The van der Waals surface area contributed by atoms with Gasteiger partial charge in [0.1, 0.15) is 12.2 Å². The Bertz CT molecular complexity index is 605. The predicted molar refractivity (Wildman–Crippen MR) is 88.2 cm³/mol. The molecule has 1 unspecified atom stereocenters. The van der Waals surface area contributed by atoms with Crippen molar-refractivity contribution < 1.29 is 9.59 Å². The predicted octanol–water partition coefficient (Wildman–Crippen LogP) is 1.20. The number of amides is 3. The number of nitrogens with one attached hydrogen (secondary N) is 2. The standard InChI is InChI=1S/C16H26N6O2/c1-3-8-22-14(17-11-18-22)12(2)19-15(24)21-9-6-16(7-10-21)5-4-13(23)20-16/h11-12H,3-10H2,1-2H3,(H,19,24)(H,20,23). The Kier molecular flexibility index (Phi) is 4.73. The molecule has 0 radical (unpaired) electrons. The van der Waals surface area contributed by atoms with E-state index in [-0.39, 0.29) is 23.5 Å². The molecular weight excluding hydrogens is 308 g/mol. The maximum atomic E-state index is 12.5. The summed E-state index contributed by atoms with van der Waals surface area (Å²) in [7, 11) is 0. The van der Waals surface area contributed by atoms with Gasteiger partial charge in [0.15, 0.2) is 0 Å². The third kappa shape index (κ3) is 3.37. The summed E-state index contributed by atoms with van der Waals surface area (Å²) in [5.41, 5.74) is -0.0826. The van der Waals surface area contributed by atoms with Gasteiger partial charge in [-0.1, -0.05) is 6.92 Å². The first-order chi connectivity index (χ1) is 11.5. The number of urea groups is 1. The molecule has 1 aromatic rings. The summed E-state index contributed by atoms with van der Waals surface area (Å²) in [4.78, 5) is 30.1. The van der Waals surface area contributed by atoms with Crippen molar-refractivity contribution in [2.24, 2.45) is 0 Å². The Morgan fingerprint density at radius 3 is 2.79 bits per heavy atom. The lowest BCUT2D eigenvalue weighted by Crippen LogP contribution is -2.54. The highest BCUT2D eigenvalue weighted by Gasteiger charge is 2.41. The van der Waals surface area contributed by atoms with Gasteiger partial charge in [0.05, 0.1) is 6.04 Å². The van der Waals surface area contributed by atoms with Crippen LogP contribution in [0.15, 0.2) is 6.33 Å². The molecule has 8 nitrogen and oxygen atoms in total. The Morgan fingerprint density at radius 2 is 2.17 bits per heavy atom. The molecule has 2 N–H and O–H groups in total. The van der Waals surface area contributed by atoms with Crippen molar-refractivity contribution in [2.45, 2.75) is 64.1 Å². The molecule has 2 aliphatic heterocycles. The molecule has 2 saturated heterocycles. The van der Waals surface area contributed by atoms with Gasteiger partial charge >= 0.3 is 6.03 Å². The van der Waals surface area contributed by atoms with E-state index in [0.717, 1.165) is 38.1 Å². The Morgan fingerprint density at radius 1 is 1.42 bits per heavy atom. The molecule has 0 saturated carbocycles. The summed E-state index contributed by atoms with van der Waals surface area (Å²) in [6.07, 6.45) is 5.64. The number of carbonyl (C=O) groups excluding carboxylic acids is 2. The highest BCUT2D eigenvalue weighted by molar-refractivity contribution is 5.79. The summed E-state index contributed by atoms with van der Waals surface area (Å²) in [6.45, 7) is 6.14. The Hall–Kier alpha value is -2.12. The highest BCUT2D eigenvalue weighted by atomic mass is 16.2. The summed E-state index contributed by atoms with van der Waals surface area (Å²) >= 11 is 0. The molecule has 1 spiro atoms. The minimum atomic E-state index is -0.186. The van der Waals surface area contributed by atoms with Crippen molar-refractivity contribution >= 4 is 11.9 Å². The van der Waals surface area contributed by atoms with Gasteiger partial charge in [0.2, 0.25) is 5.91 Å². The van der Waals surface area contributed by atoms with Gasteiger partial charge in [-0.2, -0.15) is 5.10 Å². The molecule has 3 heterocycles. The highest BCUT2D eigenvalue weighted by Crippen LogP contribution is 2.31. The van der Waals surface area contributed by atoms with Crippen LogP contribution in [0, 0.1) is 0 Å². The van der Waals surface area contributed by atoms with Crippen LogP contribution in [0.1, 0.15) is 57.8 Å². The van der Waals surface area contributed by atoms with Crippen LogP contribution >= 0.6 is 0 Å². The quantitative estimate of drug-likeness (QED) is 0.865. The maximum absolute atomic E-state index is 12.5. The van der Waals surface area contributed by atoms with Gasteiger partial charge < -0.3 is 15.5 Å². The summed E-state index contributed by atoms with van der Waals surface area (Å²) in [5.74, 6) is 0.915. The van der Waals surface area contributed by atoms with E-state index < -0.39 is 0 Å². The monoisotopic (exact) mass is 334 g/mol. The molecule has 0 aromatic carbocycles. The largest absolute Gasteiger partial charge is 0.351 e. The van der Waals surface area contributed by atoms with E-state index in [0.29, 0.717) is 19.5 Å². The second-order valence-corrected chi connectivity index (χ2v) is 6.83. The molecule has 132 valence electrons. The molecule has 1 atom stereocenters. The summed E-state index contributed by atoms with van der Waals surface area (Å²) in [6, 6.07) is -0.263. The van der Waals surface area contributed by atoms with E-state index in [1.807, 2.05) is 16.5 Å². The van der Waals surface area contributed by atoms with E-state index in [2.05, 4.69) is 27.6 Å². The summed E-state index contributed by atoms with van der Waals surface area (Å²) in [5, 5.41) is 10.3. The lowest BCUT2D eigenvalue weighted by Gasteiger charge is -2.39. The zero-order valence-electron chi connectivity index (χ0n) is 14.4. The number of piperidine rings is 1. The first-order valence-corrected chi connectivity index (χ1v) is 8.77. The van der Waals surface area contributed by atoms with Gasteiger partial charge in [-0.05, 0) is 32.6 Å². The first kappa shape index (κ1) is 16.7. The minimum Gasteiger partial charge on any atom is -0.351 e. The molecule has 1 aromatic heterocycles. The average molecular weight is 334 g/mol. The fourth-order valence-corrected chi connectivity index (χ4v) is 3.62. The number of hydrogen-bond acceptors (Lipinski definition) is 4. The Labute approximate surface area is 142 Å². The van der Waals surface area contributed by atoms with Crippen molar-refractivity contribution in [3.63, 3.8) is 0 Å². The topological polar surface area (TPSA) is 92.2 Å². The Balaban J connectivity index is 1.54.